The number of rotatable bonds is 7. The average molecular weight is 505 g/mol. The standard InChI is InChI=1S/C25H36N2O7Si/c1-16(34-24(30)33-15-17-11-13-18(14-12-17)27(31)32)21-22(19-9-7-8-10-20(19)28)26(23(21)29)35(5,6)25(2,3)4/h11-14,16,19,21-22H,7-10,15H2,1-6H3/t16-,19+,21-,22-/m1/s1. The smallest absolute Gasteiger partial charge is 0.430 e. The van der Waals surface area contributed by atoms with Crippen LogP contribution in [0.3, 0.4) is 0 Å². The number of nitrogens with zero attached hydrogens (tertiary/aromatic N) is 2. The zero-order valence-corrected chi connectivity index (χ0v) is 22.4. The van der Waals surface area contributed by atoms with Crippen LogP contribution < -0.4 is 0 Å². The van der Waals surface area contributed by atoms with Gasteiger partial charge < -0.3 is 14.0 Å². The number of amides is 1. The summed E-state index contributed by atoms with van der Waals surface area (Å²) in [5.74, 6) is -0.683. The van der Waals surface area contributed by atoms with Crippen LogP contribution in [-0.2, 0) is 25.7 Å². The second kappa shape index (κ2) is 10.1. The lowest BCUT2D eigenvalue weighted by molar-refractivity contribution is -0.384. The predicted molar refractivity (Wildman–Crippen MR) is 132 cm³/mol. The maximum Gasteiger partial charge on any atom is 0.508 e. The molecule has 10 heteroatoms. The van der Waals surface area contributed by atoms with Crippen molar-refractivity contribution in [2.45, 2.75) is 90.3 Å². The van der Waals surface area contributed by atoms with Gasteiger partial charge in [0.25, 0.3) is 5.69 Å². The van der Waals surface area contributed by atoms with Gasteiger partial charge in [0.1, 0.15) is 18.5 Å². The highest BCUT2D eigenvalue weighted by molar-refractivity contribution is 6.80. The number of carbonyl (C=O) groups excluding carboxylic acids is 3. The summed E-state index contributed by atoms with van der Waals surface area (Å²) in [5.41, 5.74) is 0.526. The van der Waals surface area contributed by atoms with Crippen LogP contribution in [0.25, 0.3) is 0 Å². The molecule has 2 aliphatic rings. The molecule has 0 N–H and O–H groups in total. The fraction of sp³-hybridized carbons (Fsp3) is 0.640. The van der Waals surface area contributed by atoms with Crippen LogP contribution in [0, 0.1) is 22.0 Å². The van der Waals surface area contributed by atoms with Crippen LogP contribution in [0.1, 0.15) is 58.9 Å². The van der Waals surface area contributed by atoms with E-state index in [0.29, 0.717) is 12.0 Å². The Labute approximate surface area is 207 Å². The first-order valence-electron chi connectivity index (χ1n) is 12.2. The first-order valence-corrected chi connectivity index (χ1v) is 15.1. The van der Waals surface area contributed by atoms with Crippen molar-refractivity contribution >= 4 is 31.8 Å². The Kier molecular flexibility index (Phi) is 7.73. The zero-order valence-electron chi connectivity index (χ0n) is 21.4. The van der Waals surface area contributed by atoms with E-state index in [9.17, 15) is 24.5 Å². The lowest BCUT2D eigenvalue weighted by Crippen LogP contribution is -2.77. The van der Waals surface area contributed by atoms with Crippen LogP contribution in [-0.4, -0.2) is 47.7 Å². The Bertz CT molecular complexity index is 987. The quantitative estimate of drug-likeness (QED) is 0.164. The normalized spacial score (nSPS) is 23.9. The molecule has 0 bridgehead atoms. The summed E-state index contributed by atoms with van der Waals surface area (Å²) in [6.45, 7) is 12.3. The molecule has 0 radical (unpaired) electrons. The molecule has 2 fully saturated rings. The first-order chi connectivity index (χ1) is 16.3. The van der Waals surface area contributed by atoms with E-state index in [1.807, 2.05) is 4.57 Å². The molecule has 35 heavy (non-hydrogen) atoms. The highest BCUT2D eigenvalue weighted by Gasteiger charge is 2.62. The van der Waals surface area contributed by atoms with E-state index < -0.39 is 31.3 Å². The number of nitro benzene ring substituents is 1. The van der Waals surface area contributed by atoms with Crippen LogP contribution in [0.15, 0.2) is 24.3 Å². The number of carbonyl (C=O) groups is 3. The third kappa shape index (κ3) is 5.42. The molecule has 192 valence electrons. The average Bonchev–Trinajstić information content (AvgIpc) is 2.76. The molecule has 3 rings (SSSR count). The molecular weight excluding hydrogens is 468 g/mol. The molecule has 0 aromatic heterocycles. The summed E-state index contributed by atoms with van der Waals surface area (Å²) < 4.78 is 12.7. The van der Waals surface area contributed by atoms with Crippen molar-refractivity contribution in [1.82, 2.24) is 4.57 Å². The maximum atomic E-state index is 13.5. The van der Waals surface area contributed by atoms with E-state index in [4.69, 9.17) is 9.47 Å². The van der Waals surface area contributed by atoms with Crippen LogP contribution >= 0.6 is 0 Å². The van der Waals surface area contributed by atoms with E-state index in [1.165, 1.54) is 24.3 Å². The summed E-state index contributed by atoms with van der Waals surface area (Å²) in [7, 11) is -2.25. The lowest BCUT2D eigenvalue weighted by Gasteiger charge is -2.61. The largest absolute Gasteiger partial charge is 0.508 e. The van der Waals surface area contributed by atoms with Crippen molar-refractivity contribution < 1.29 is 28.8 Å². The second-order valence-electron chi connectivity index (χ2n) is 11.1. The van der Waals surface area contributed by atoms with Crippen molar-refractivity contribution in [3.05, 3.63) is 39.9 Å². The third-order valence-electron chi connectivity index (χ3n) is 7.93. The van der Waals surface area contributed by atoms with Gasteiger partial charge in [0.15, 0.2) is 8.24 Å². The number of non-ortho nitro benzene ring substituents is 1. The number of Topliss-reactive ketones (excluding diaryl/α,β-unsaturated/α-hetero) is 1. The van der Waals surface area contributed by atoms with Gasteiger partial charge >= 0.3 is 6.16 Å². The Balaban J connectivity index is 1.71. The molecule has 0 spiro atoms. The van der Waals surface area contributed by atoms with Gasteiger partial charge in [-0.1, -0.05) is 40.3 Å². The maximum absolute atomic E-state index is 13.5. The Hall–Kier alpha value is -2.75. The second-order valence-corrected chi connectivity index (χ2v) is 16.2. The molecule has 1 saturated heterocycles. The molecule has 9 nitrogen and oxygen atoms in total. The molecule has 1 saturated carbocycles. The number of ketones is 1. The molecule has 0 unspecified atom stereocenters. The Morgan fingerprint density at radius 2 is 1.83 bits per heavy atom. The predicted octanol–water partition coefficient (Wildman–Crippen LogP) is 5.23. The van der Waals surface area contributed by atoms with Gasteiger partial charge in [-0.2, -0.15) is 0 Å². The number of nitro groups is 1. The van der Waals surface area contributed by atoms with Gasteiger partial charge in [0.05, 0.1) is 10.8 Å². The Morgan fingerprint density at radius 1 is 1.20 bits per heavy atom. The van der Waals surface area contributed by atoms with Crippen molar-refractivity contribution in [2.75, 3.05) is 0 Å². The van der Waals surface area contributed by atoms with E-state index in [0.717, 1.165) is 19.3 Å². The van der Waals surface area contributed by atoms with E-state index in [1.54, 1.807) is 6.92 Å². The summed E-state index contributed by atoms with van der Waals surface area (Å²) >= 11 is 0. The molecular formula is C25H36N2O7Si. The third-order valence-corrected chi connectivity index (χ3v) is 13.3. The van der Waals surface area contributed by atoms with E-state index in [2.05, 4.69) is 33.9 Å². The van der Waals surface area contributed by atoms with E-state index >= 15 is 0 Å². The minimum Gasteiger partial charge on any atom is -0.430 e. The van der Waals surface area contributed by atoms with Crippen molar-refractivity contribution in [3.63, 3.8) is 0 Å². The topological polar surface area (TPSA) is 116 Å². The SMILES string of the molecule is C[C@@H](OC(=O)OCc1ccc([N+](=O)[O-])cc1)[C@H]1C(=O)N([Si](C)(C)C(C)(C)C)[C@@H]1[C@H]1CCCCC1=O. The molecule has 1 heterocycles. The zero-order chi connectivity index (χ0) is 26.1. The lowest BCUT2D eigenvalue weighted by atomic mass is 9.72. The van der Waals surface area contributed by atoms with Crippen molar-refractivity contribution in [1.29, 1.82) is 0 Å². The number of β-lactam (4-membered cyclic amide) rings is 1. The van der Waals surface area contributed by atoms with Crippen LogP contribution in [0.4, 0.5) is 10.5 Å². The summed E-state index contributed by atoms with van der Waals surface area (Å²) in [6, 6.07) is 5.41. The Morgan fingerprint density at radius 3 is 2.37 bits per heavy atom. The molecule has 1 aliphatic carbocycles. The monoisotopic (exact) mass is 504 g/mol. The number of hydrogen-bond acceptors (Lipinski definition) is 7. The van der Waals surface area contributed by atoms with Gasteiger partial charge in [-0.3, -0.25) is 19.7 Å². The fourth-order valence-corrected chi connectivity index (χ4v) is 7.45. The van der Waals surface area contributed by atoms with E-state index in [-0.39, 0.29) is 41.0 Å². The van der Waals surface area contributed by atoms with Crippen LogP contribution in [0.2, 0.25) is 18.1 Å². The summed E-state index contributed by atoms with van der Waals surface area (Å²) in [5, 5.41) is 10.7. The summed E-state index contributed by atoms with van der Waals surface area (Å²) in [4.78, 5) is 49.0. The molecule has 1 aromatic rings. The van der Waals surface area contributed by atoms with Gasteiger partial charge in [0.2, 0.25) is 5.91 Å². The fourth-order valence-electron chi connectivity index (χ4n) is 4.94. The van der Waals surface area contributed by atoms with Crippen molar-refractivity contribution in [3.8, 4) is 0 Å². The van der Waals surface area contributed by atoms with Crippen LogP contribution in [0.5, 0.6) is 0 Å². The van der Waals surface area contributed by atoms with Gasteiger partial charge in [-0.25, -0.2) is 4.79 Å². The van der Waals surface area contributed by atoms with Gasteiger partial charge in [-0.15, -0.1) is 0 Å². The minimum absolute atomic E-state index is 0.0527. The highest BCUT2D eigenvalue weighted by Crippen LogP contribution is 2.49. The molecule has 1 aliphatic heterocycles. The number of hydrogen-bond donors (Lipinski definition) is 0. The number of ether oxygens (including phenoxy) is 2. The number of benzene rings is 1. The van der Waals surface area contributed by atoms with Gasteiger partial charge in [0, 0.05) is 30.5 Å². The van der Waals surface area contributed by atoms with Crippen molar-refractivity contribution in [2.24, 2.45) is 11.8 Å². The molecule has 1 aromatic carbocycles. The van der Waals surface area contributed by atoms with Gasteiger partial charge in [-0.05, 0) is 42.5 Å². The highest BCUT2D eigenvalue weighted by atomic mass is 28.3. The minimum atomic E-state index is -2.25. The molecule has 4 atom stereocenters. The summed E-state index contributed by atoms with van der Waals surface area (Å²) in [6.07, 6.45) is 1.44. The first kappa shape index (κ1) is 26.8. The molecule has 1 amide bonds.